The number of carboxylic acid groups (broad SMARTS) is 1. The summed E-state index contributed by atoms with van der Waals surface area (Å²) in [6.07, 6.45) is 1.16. The maximum atomic E-state index is 12.8. The predicted molar refractivity (Wildman–Crippen MR) is 93.4 cm³/mol. The van der Waals surface area contributed by atoms with E-state index in [1.54, 1.807) is 6.07 Å². The van der Waals surface area contributed by atoms with Gasteiger partial charge in [0.25, 0.3) is 11.5 Å². The van der Waals surface area contributed by atoms with Crippen LogP contribution < -0.4 is 5.56 Å². The van der Waals surface area contributed by atoms with Gasteiger partial charge in [0.2, 0.25) is 0 Å². The molecule has 6 heteroatoms. The lowest BCUT2D eigenvalue weighted by Gasteiger charge is -2.36. The number of carboxylic acids is 1. The highest BCUT2D eigenvalue weighted by molar-refractivity contribution is 5.94. The molecule has 25 heavy (non-hydrogen) atoms. The zero-order chi connectivity index (χ0) is 18.0. The third-order valence-electron chi connectivity index (χ3n) is 4.72. The average molecular weight is 340 g/mol. The van der Waals surface area contributed by atoms with Crippen LogP contribution in [0.1, 0.15) is 30.1 Å². The predicted octanol–water partition coefficient (Wildman–Crippen LogP) is 2.37. The largest absolute Gasteiger partial charge is 0.481 e. The number of piperidine rings is 1. The number of amides is 1. The lowest BCUT2D eigenvalue weighted by molar-refractivity contribution is -0.143. The molecule has 1 saturated heterocycles. The number of carbonyl (C=O) groups is 2. The van der Waals surface area contributed by atoms with E-state index in [0.717, 1.165) is 5.56 Å². The summed E-state index contributed by atoms with van der Waals surface area (Å²) >= 11 is 0. The van der Waals surface area contributed by atoms with Gasteiger partial charge in [0.05, 0.1) is 5.92 Å². The smallest absolute Gasteiger partial charge is 0.308 e. The van der Waals surface area contributed by atoms with Gasteiger partial charge in [-0.05, 0) is 37.5 Å². The van der Waals surface area contributed by atoms with Gasteiger partial charge in [-0.25, -0.2) is 0 Å². The van der Waals surface area contributed by atoms with Gasteiger partial charge in [-0.15, -0.1) is 0 Å². The number of likely N-dealkylation sites (tertiary alicyclic amines) is 1. The molecule has 0 aliphatic carbocycles. The molecule has 2 heterocycles. The highest BCUT2D eigenvalue weighted by atomic mass is 16.4. The fourth-order valence-electron chi connectivity index (χ4n) is 3.17. The van der Waals surface area contributed by atoms with Gasteiger partial charge in [0.1, 0.15) is 5.56 Å². The Balaban J connectivity index is 1.87. The van der Waals surface area contributed by atoms with E-state index in [9.17, 15) is 19.5 Å². The molecule has 0 bridgehead atoms. The minimum absolute atomic E-state index is 0.0394. The number of nitrogens with one attached hydrogen (secondary N) is 1. The van der Waals surface area contributed by atoms with Crippen molar-refractivity contribution in [1.82, 2.24) is 9.88 Å². The molecule has 2 N–H and O–H groups in total. The molecule has 2 aromatic rings. The van der Waals surface area contributed by atoms with Crippen LogP contribution in [0.2, 0.25) is 0 Å². The fourth-order valence-corrected chi connectivity index (χ4v) is 3.17. The number of aliphatic carboxylic acids is 1. The van der Waals surface area contributed by atoms with Crippen LogP contribution in [0, 0.1) is 5.92 Å². The monoisotopic (exact) mass is 340 g/mol. The lowest BCUT2D eigenvalue weighted by Crippen LogP contribution is -2.48. The van der Waals surface area contributed by atoms with Gasteiger partial charge in [-0.1, -0.05) is 30.3 Å². The van der Waals surface area contributed by atoms with Crippen LogP contribution in [0.15, 0.2) is 47.3 Å². The Labute approximate surface area is 145 Å². The molecule has 1 aliphatic heterocycles. The first kappa shape index (κ1) is 17.0. The van der Waals surface area contributed by atoms with Crippen molar-refractivity contribution < 1.29 is 14.7 Å². The fraction of sp³-hybridized carbons (Fsp3) is 0.316. The number of hydrogen-bond acceptors (Lipinski definition) is 3. The van der Waals surface area contributed by atoms with Crippen LogP contribution in [0.3, 0.4) is 0 Å². The van der Waals surface area contributed by atoms with Crippen molar-refractivity contribution in [3.63, 3.8) is 0 Å². The topological polar surface area (TPSA) is 90.5 Å². The quantitative estimate of drug-likeness (QED) is 0.897. The highest BCUT2D eigenvalue weighted by Crippen LogP contribution is 2.23. The molecule has 1 aliphatic rings. The van der Waals surface area contributed by atoms with Crippen LogP contribution in [0.5, 0.6) is 0 Å². The molecule has 2 unspecified atom stereocenters. The molecule has 1 aromatic heterocycles. The van der Waals surface area contributed by atoms with Gasteiger partial charge in [0, 0.05) is 18.3 Å². The van der Waals surface area contributed by atoms with Crippen molar-refractivity contribution in [2.45, 2.75) is 25.8 Å². The number of carbonyl (C=O) groups excluding carboxylic acids is 1. The maximum absolute atomic E-state index is 12.8. The number of benzene rings is 1. The second-order valence-electron chi connectivity index (χ2n) is 6.40. The van der Waals surface area contributed by atoms with Crippen LogP contribution in [0.4, 0.5) is 0 Å². The number of aromatic amines is 1. The lowest BCUT2D eigenvalue weighted by atomic mass is 9.93. The number of nitrogens with zero attached hydrogens (tertiary/aromatic N) is 1. The first-order valence-electron chi connectivity index (χ1n) is 8.30. The summed E-state index contributed by atoms with van der Waals surface area (Å²) in [5, 5.41) is 9.21. The molecule has 1 fully saturated rings. The van der Waals surface area contributed by atoms with Crippen molar-refractivity contribution in [3.05, 3.63) is 58.4 Å². The molecular formula is C19H20N2O4. The molecular weight excluding hydrogens is 320 g/mol. The molecule has 0 radical (unpaired) electrons. The third-order valence-corrected chi connectivity index (χ3v) is 4.72. The Morgan fingerprint density at radius 2 is 1.84 bits per heavy atom. The van der Waals surface area contributed by atoms with Gasteiger partial charge in [-0.2, -0.15) is 0 Å². The van der Waals surface area contributed by atoms with Crippen LogP contribution in [-0.4, -0.2) is 39.5 Å². The Hall–Kier alpha value is -2.89. The molecule has 130 valence electrons. The normalized spacial score (nSPS) is 20.3. The van der Waals surface area contributed by atoms with Crippen LogP contribution in [0.25, 0.3) is 11.3 Å². The minimum Gasteiger partial charge on any atom is -0.481 e. The number of hydrogen-bond donors (Lipinski definition) is 2. The summed E-state index contributed by atoms with van der Waals surface area (Å²) in [5.41, 5.74) is 1.07. The van der Waals surface area contributed by atoms with Crippen molar-refractivity contribution in [3.8, 4) is 11.3 Å². The molecule has 0 saturated carbocycles. The van der Waals surface area contributed by atoms with E-state index in [4.69, 9.17) is 0 Å². The summed E-state index contributed by atoms with van der Waals surface area (Å²) < 4.78 is 0. The van der Waals surface area contributed by atoms with Crippen molar-refractivity contribution in [1.29, 1.82) is 0 Å². The highest BCUT2D eigenvalue weighted by Gasteiger charge is 2.33. The van der Waals surface area contributed by atoms with Crippen molar-refractivity contribution in [2.75, 3.05) is 6.54 Å². The van der Waals surface area contributed by atoms with E-state index in [2.05, 4.69) is 4.98 Å². The van der Waals surface area contributed by atoms with E-state index >= 15 is 0 Å². The maximum Gasteiger partial charge on any atom is 0.308 e. The van der Waals surface area contributed by atoms with E-state index in [1.165, 1.54) is 11.0 Å². The molecule has 1 amide bonds. The second-order valence-corrected chi connectivity index (χ2v) is 6.40. The number of rotatable bonds is 3. The zero-order valence-corrected chi connectivity index (χ0v) is 13.9. The number of aromatic nitrogens is 1. The van der Waals surface area contributed by atoms with Gasteiger partial charge >= 0.3 is 5.97 Å². The van der Waals surface area contributed by atoms with Gasteiger partial charge in [0.15, 0.2) is 0 Å². The first-order valence-corrected chi connectivity index (χ1v) is 8.30. The molecule has 3 rings (SSSR count). The standard InChI is InChI=1S/C19H20N2O4/c1-12-7-8-14(19(24)25)11-21(12)18(23)15-9-10-16(20-17(15)22)13-5-3-2-4-6-13/h2-6,9-10,12,14H,7-8,11H2,1H3,(H,20,22)(H,24,25). The summed E-state index contributed by atoms with van der Waals surface area (Å²) in [6.45, 7) is 2.01. The Morgan fingerprint density at radius 1 is 1.12 bits per heavy atom. The van der Waals surface area contributed by atoms with Gasteiger partial charge < -0.3 is 15.0 Å². The first-order chi connectivity index (χ1) is 12.0. The van der Waals surface area contributed by atoms with Crippen molar-refractivity contribution in [2.24, 2.45) is 5.92 Å². The van der Waals surface area contributed by atoms with E-state index < -0.39 is 23.4 Å². The van der Waals surface area contributed by atoms with Crippen LogP contribution >= 0.6 is 0 Å². The van der Waals surface area contributed by atoms with E-state index in [-0.39, 0.29) is 18.2 Å². The summed E-state index contributed by atoms with van der Waals surface area (Å²) in [4.78, 5) is 40.6. The Kier molecular flexibility index (Phi) is 4.70. The molecule has 2 atom stereocenters. The van der Waals surface area contributed by atoms with Crippen LogP contribution in [-0.2, 0) is 4.79 Å². The SMILES string of the molecule is CC1CCC(C(=O)O)CN1C(=O)c1ccc(-c2ccccc2)[nH]c1=O. The van der Waals surface area contributed by atoms with E-state index in [0.29, 0.717) is 18.5 Å². The molecule has 0 spiro atoms. The minimum atomic E-state index is -0.905. The second kappa shape index (κ2) is 6.93. The number of pyridine rings is 1. The zero-order valence-electron chi connectivity index (χ0n) is 13.9. The summed E-state index contributed by atoms with van der Waals surface area (Å²) in [6, 6.07) is 12.5. The number of H-pyrrole nitrogens is 1. The molecule has 1 aromatic carbocycles. The third kappa shape index (κ3) is 3.47. The Bertz CT molecular complexity index is 844. The van der Waals surface area contributed by atoms with Crippen molar-refractivity contribution >= 4 is 11.9 Å². The average Bonchev–Trinajstić information content (AvgIpc) is 2.62. The Morgan fingerprint density at radius 3 is 2.48 bits per heavy atom. The van der Waals surface area contributed by atoms with Gasteiger partial charge in [-0.3, -0.25) is 14.4 Å². The molecule has 6 nitrogen and oxygen atoms in total. The summed E-state index contributed by atoms with van der Waals surface area (Å²) in [5.74, 6) is -1.90. The van der Waals surface area contributed by atoms with E-state index in [1.807, 2.05) is 37.3 Å². The summed E-state index contributed by atoms with van der Waals surface area (Å²) in [7, 11) is 0.